The van der Waals surface area contributed by atoms with E-state index in [9.17, 15) is 12.8 Å². The number of imidazole rings is 1. The molecule has 3 rings (SSSR count). The maximum atomic E-state index is 13.9. The molecule has 0 aliphatic heterocycles. The molecule has 1 aromatic carbocycles. The Kier molecular flexibility index (Phi) is 5.77. The lowest BCUT2D eigenvalue weighted by atomic mass is 10.3. The molecule has 1 N–H and O–H groups in total. The van der Waals surface area contributed by atoms with E-state index in [0.29, 0.717) is 24.8 Å². The molecule has 0 fully saturated rings. The van der Waals surface area contributed by atoms with Gasteiger partial charge in [0.1, 0.15) is 0 Å². The zero-order valence-electron chi connectivity index (χ0n) is 14.5. The summed E-state index contributed by atoms with van der Waals surface area (Å²) in [7, 11) is -3.86. The first kappa shape index (κ1) is 18.9. The second kappa shape index (κ2) is 8.23. The summed E-state index contributed by atoms with van der Waals surface area (Å²) in [5, 5.41) is 0. The highest BCUT2D eigenvalue weighted by atomic mass is 32.2. The van der Waals surface area contributed by atoms with Gasteiger partial charge in [-0.1, -0.05) is 0 Å². The van der Waals surface area contributed by atoms with Crippen LogP contribution in [0.3, 0.4) is 0 Å². The average Bonchev–Trinajstić information content (AvgIpc) is 3.12. The summed E-state index contributed by atoms with van der Waals surface area (Å²) in [6.07, 6.45) is 6.49. The van der Waals surface area contributed by atoms with Crippen molar-refractivity contribution < 1.29 is 17.5 Å². The quantitative estimate of drug-likeness (QED) is 0.629. The van der Waals surface area contributed by atoms with E-state index in [-0.39, 0.29) is 17.2 Å². The van der Waals surface area contributed by atoms with Crippen LogP contribution in [0.1, 0.15) is 6.92 Å². The number of rotatable bonds is 8. The number of aromatic nitrogens is 4. The molecule has 0 atom stereocenters. The summed E-state index contributed by atoms with van der Waals surface area (Å²) < 4.78 is 47.9. The van der Waals surface area contributed by atoms with Crippen molar-refractivity contribution in [1.82, 2.24) is 24.2 Å². The summed E-state index contributed by atoms with van der Waals surface area (Å²) in [6, 6.07) is 5.24. The van der Waals surface area contributed by atoms with Gasteiger partial charge in [-0.15, -0.1) is 0 Å². The first-order valence-corrected chi connectivity index (χ1v) is 9.70. The smallest absolute Gasteiger partial charge is 0.240 e. The number of halogens is 1. The number of ether oxygens (including phenoxy) is 1. The van der Waals surface area contributed by atoms with Crippen LogP contribution in [-0.2, 0) is 16.6 Å². The van der Waals surface area contributed by atoms with Gasteiger partial charge >= 0.3 is 0 Å². The van der Waals surface area contributed by atoms with Crippen molar-refractivity contribution in [3.63, 3.8) is 0 Å². The van der Waals surface area contributed by atoms with Gasteiger partial charge in [-0.3, -0.25) is 0 Å². The number of sulfonamides is 1. The van der Waals surface area contributed by atoms with E-state index in [1.807, 2.05) is 0 Å². The van der Waals surface area contributed by atoms with Gasteiger partial charge in [-0.2, -0.15) is 0 Å². The van der Waals surface area contributed by atoms with Gasteiger partial charge in [0.2, 0.25) is 10.0 Å². The number of nitrogens with zero attached hydrogens (tertiary/aromatic N) is 4. The lowest BCUT2D eigenvalue weighted by molar-refractivity contribution is 0.321. The zero-order valence-corrected chi connectivity index (χ0v) is 15.4. The maximum absolute atomic E-state index is 13.9. The lowest BCUT2D eigenvalue weighted by Crippen LogP contribution is -2.27. The second-order valence-electron chi connectivity index (χ2n) is 5.44. The normalized spacial score (nSPS) is 11.5. The van der Waals surface area contributed by atoms with Crippen LogP contribution in [0.4, 0.5) is 4.39 Å². The van der Waals surface area contributed by atoms with Gasteiger partial charge in [-0.25, -0.2) is 32.5 Å². The van der Waals surface area contributed by atoms with Crippen LogP contribution < -0.4 is 9.46 Å². The third-order valence-electron chi connectivity index (χ3n) is 3.64. The largest absolute Gasteiger partial charge is 0.491 e. The van der Waals surface area contributed by atoms with E-state index >= 15 is 0 Å². The van der Waals surface area contributed by atoms with Crippen molar-refractivity contribution >= 4 is 10.0 Å². The Morgan fingerprint density at radius 3 is 2.67 bits per heavy atom. The van der Waals surface area contributed by atoms with Gasteiger partial charge < -0.3 is 9.30 Å². The van der Waals surface area contributed by atoms with E-state index in [4.69, 9.17) is 4.74 Å². The predicted octanol–water partition coefficient (Wildman–Crippen LogP) is 1.86. The van der Waals surface area contributed by atoms with Crippen LogP contribution in [0.15, 0.2) is 53.9 Å². The molecule has 0 bridgehead atoms. The van der Waals surface area contributed by atoms with Gasteiger partial charge in [0.15, 0.2) is 23.2 Å². The van der Waals surface area contributed by atoms with Crippen molar-refractivity contribution in [2.75, 3.05) is 13.2 Å². The number of hydrogen-bond acceptors (Lipinski definition) is 6. The fourth-order valence-corrected chi connectivity index (χ4v) is 3.45. The predicted molar refractivity (Wildman–Crippen MR) is 96.0 cm³/mol. The van der Waals surface area contributed by atoms with Crippen LogP contribution in [-0.4, -0.2) is 41.1 Å². The van der Waals surface area contributed by atoms with Gasteiger partial charge in [0, 0.05) is 37.9 Å². The standard InChI is InChI=1S/C17H18FN5O3S/c1-2-26-15-5-4-13(12-14(15)18)27(24,25)22-9-11-23-10-8-21-17(23)16-19-6-3-7-20-16/h3-8,10,12,22H,2,9,11H2,1H3. The highest BCUT2D eigenvalue weighted by Gasteiger charge is 2.17. The molecule has 10 heteroatoms. The average molecular weight is 391 g/mol. The Bertz CT molecular complexity index is 1010. The first-order chi connectivity index (χ1) is 13.0. The minimum absolute atomic E-state index is 0.0161. The fraction of sp³-hybridized carbons (Fsp3) is 0.235. The highest BCUT2D eigenvalue weighted by Crippen LogP contribution is 2.21. The molecule has 27 heavy (non-hydrogen) atoms. The lowest BCUT2D eigenvalue weighted by Gasteiger charge is -2.10. The monoisotopic (exact) mass is 391 g/mol. The minimum atomic E-state index is -3.86. The van der Waals surface area contributed by atoms with Crippen LogP contribution in [0.5, 0.6) is 5.75 Å². The van der Waals surface area contributed by atoms with E-state index in [2.05, 4.69) is 19.7 Å². The molecule has 2 aromatic heterocycles. The molecular formula is C17H18FN5O3S. The summed E-state index contributed by atoms with van der Waals surface area (Å²) in [6.45, 7) is 2.41. The van der Waals surface area contributed by atoms with Crippen LogP contribution in [0.2, 0.25) is 0 Å². The van der Waals surface area contributed by atoms with Gasteiger partial charge in [0.25, 0.3) is 0 Å². The molecule has 142 valence electrons. The molecular weight excluding hydrogens is 373 g/mol. The van der Waals surface area contributed by atoms with Crippen molar-refractivity contribution in [2.24, 2.45) is 0 Å². The molecule has 8 nitrogen and oxygen atoms in total. The Morgan fingerprint density at radius 2 is 1.96 bits per heavy atom. The van der Waals surface area contributed by atoms with Gasteiger partial charge in [-0.05, 0) is 31.2 Å². The zero-order chi connectivity index (χ0) is 19.3. The summed E-state index contributed by atoms with van der Waals surface area (Å²) in [5.41, 5.74) is 0. The van der Waals surface area contributed by atoms with Crippen molar-refractivity contribution in [3.05, 3.63) is 54.9 Å². The fourth-order valence-electron chi connectivity index (χ4n) is 2.42. The summed E-state index contributed by atoms with van der Waals surface area (Å²) in [4.78, 5) is 12.3. The third kappa shape index (κ3) is 4.47. The number of hydrogen-bond donors (Lipinski definition) is 1. The Balaban J connectivity index is 1.67. The highest BCUT2D eigenvalue weighted by molar-refractivity contribution is 7.89. The van der Waals surface area contributed by atoms with Crippen LogP contribution in [0, 0.1) is 5.82 Å². The van der Waals surface area contributed by atoms with Crippen LogP contribution >= 0.6 is 0 Å². The molecule has 0 saturated heterocycles. The molecule has 0 radical (unpaired) electrons. The minimum Gasteiger partial charge on any atom is -0.491 e. The topological polar surface area (TPSA) is 99.0 Å². The maximum Gasteiger partial charge on any atom is 0.240 e. The number of benzene rings is 1. The van der Waals surface area contributed by atoms with Crippen molar-refractivity contribution in [2.45, 2.75) is 18.4 Å². The molecule has 2 heterocycles. The molecule has 3 aromatic rings. The molecule has 0 aliphatic carbocycles. The van der Waals surface area contributed by atoms with Crippen molar-refractivity contribution in [1.29, 1.82) is 0 Å². The Labute approximate surface area is 156 Å². The molecule has 0 saturated carbocycles. The third-order valence-corrected chi connectivity index (χ3v) is 5.10. The summed E-state index contributed by atoms with van der Waals surface area (Å²) >= 11 is 0. The SMILES string of the molecule is CCOc1ccc(S(=O)(=O)NCCn2ccnc2-c2ncccn2)cc1F. The Hall–Kier alpha value is -2.85. The van der Waals surface area contributed by atoms with E-state index in [0.717, 1.165) is 6.07 Å². The van der Waals surface area contributed by atoms with E-state index in [1.165, 1.54) is 12.1 Å². The molecule has 0 spiro atoms. The first-order valence-electron chi connectivity index (χ1n) is 8.22. The van der Waals surface area contributed by atoms with E-state index in [1.54, 1.807) is 42.3 Å². The van der Waals surface area contributed by atoms with E-state index < -0.39 is 15.8 Å². The molecule has 0 aliphatic rings. The Morgan fingerprint density at radius 1 is 1.19 bits per heavy atom. The van der Waals surface area contributed by atoms with Gasteiger partial charge in [0.05, 0.1) is 11.5 Å². The molecule has 0 unspecified atom stereocenters. The molecule has 0 amide bonds. The van der Waals surface area contributed by atoms with Crippen LogP contribution in [0.25, 0.3) is 11.6 Å². The summed E-state index contributed by atoms with van der Waals surface area (Å²) in [5.74, 6) is 0.265. The number of nitrogens with one attached hydrogen (secondary N) is 1. The van der Waals surface area contributed by atoms with Crippen molar-refractivity contribution in [3.8, 4) is 17.4 Å². The second-order valence-corrected chi connectivity index (χ2v) is 7.21.